The van der Waals surface area contributed by atoms with Crippen molar-refractivity contribution in [2.45, 2.75) is 13.3 Å². The molecule has 0 unspecified atom stereocenters. The van der Waals surface area contributed by atoms with Gasteiger partial charge in [0.1, 0.15) is 0 Å². The number of hydrogen-bond donors (Lipinski definition) is 1. The van der Waals surface area contributed by atoms with E-state index < -0.39 is 31.5 Å². The van der Waals surface area contributed by atoms with Gasteiger partial charge in [0.15, 0.2) is 11.5 Å². The molecule has 0 spiro atoms. The van der Waals surface area contributed by atoms with Crippen molar-refractivity contribution in [1.82, 2.24) is 4.57 Å². The predicted molar refractivity (Wildman–Crippen MR) is 80.8 cm³/mol. The van der Waals surface area contributed by atoms with Crippen LogP contribution in [0.25, 0.3) is 10.9 Å². The zero-order valence-electron chi connectivity index (χ0n) is 17.4. The second-order valence-electron chi connectivity index (χ2n) is 4.66. The van der Waals surface area contributed by atoms with E-state index in [1.165, 1.54) is 12.1 Å². The average Bonchev–Trinajstić information content (AvgIpc) is 2.89. The number of aromatic nitrogens is 1. The normalized spacial score (nSPS) is 21.0. The Morgan fingerprint density at radius 1 is 1.23 bits per heavy atom. The van der Waals surface area contributed by atoms with Gasteiger partial charge in [-0.2, -0.15) is 0 Å². The van der Waals surface area contributed by atoms with Crippen LogP contribution in [-0.2, 0) is 23.0 Å². The molecule has 0 aliphatic carbocycles. The van der Waals surface area contributed by atoms with Crippen LogP contribution in [0.1, 0.15) is 19.5 Å². The van der Waals surface area contributed by atoms with E-state index in [4.69, 9.17) is 23.4 Å². The van der Waals surface area contributed by atoms with Crippen LogP contribution in [-0.4, -0.2) is 23.1 Å². The largest absolute Gasteiger partial charge is 0.419 e. The van der Waals surface area contributed by atoms with Gasteiger partial charge in [-0.1, -0.05) is 0 Å². The number of fused-ring (bicyclic) bond motifs is 3. The number of aryl methyl sites for hydroxylation is 1. The molecule has 1 aliphatic heterocycles. The summed E-state index contributed by atoms with van der Waals surface area (Å²) in [5, 5.41) is 0.0571. The van der Waals surface area contributed by atoms with Crippen LogP contribution in [0, 0.1) is 6.85 Å². The fourth-order valence-corrected chi connectivity index (χ4v) is 2.39. The van der Waals surface area contributed by atoms with E-state index in [0.29, 0.717) is 4.57 Å². The molecule has 2 N–H and O–H groups in total. The topological polar surface area (TPSA) is 83.5 Å². The molecule has 6 heteroatoms. The van der Waals surface area contributed by atoms with Crippen LogP contribution in [0.15, 0.2) is 24.3 Å². The van der Waals surface area contributed by atoms with Crippen molar-refractivity contribution in [3.8, 4) is 11.5 Å². The van der Waals surface area contributed by atoms with E-state index in [-0.39, 0.29) is 40.9 Å². The Balaban J connectivity index is 2.49. The minimum absolute atomic E-state index is 0.00160. The van der Waals surface area contributed by atoms with Crippen LogP contribution in [0.2, 0.25) is 0 Å². The average molecular weight is 306 g/mol. The highest BCUT2D eigenvalue weighted by Gasteiger charge is 2.23. The smallest absolute Gasteiger partial charge is 0.336 e. The summed E-state index contributed by atoms with van der Waals surface area (Å²) in [4.78, 5) is 23.7. The molecule has 0 radical (unpaired) electrons. The summed E-state index contributed by atoms with van der Waals surface area (Å²) in [6.45, 7) is -5.60. The van der Waals surface area contributed by atoms with Gasteiger partial charge in [0.25, 0.3) is 0 Å². The van der Waals surface area contributed by atoms with Crippen molar-refractivity contribution in [3.05, 3.63) is 35.5 Å². The Hall–Kier alpha value is -2.60. The van der Waals surface area contributed by atoms with Crippen molar-refractivity contribution in [1.29, 1.82) is 0 Å². The number of nitrogens with zero attached hydrogens (tertiary/aromatic N) is 1. The zero-order chi connectivity index (χ0) is 20.9. The standard InChI is InChI=1S/C16H16N2O4/c1-9-10(7-8-17)15-11(18(9)2)3-4-12-16(15)22-14(20)6-5-13(19)21-12/h3-6H,7-8,17H2,1-2H3/b6-5+/i1D3,2D3. The first-order valence-electron chi connectivity index (χ1n) is 9.48. The summed E-state index contributed by atoms with van der Waals surface area (Å²) in [6, 6.07) is 2.56. The van der Waals surface area contributed by atoms with E-state index in [0.717, 1.165) is 12.2 Å². The van der Waals surface area contributed by atoms with Gasteiger partial charge in [-0.25, -0.2) is 9.59 Å². The molecule has 0 amide bonds. The lowest BCUT2D eigenvalue weighted by atomic mass is 10.1. The lowest BCUT2D eigenvalue weighted by Gasteiger charge is -2.13. The van der Waals surface area contributed by atoms with Gasteiger partial charge < -0.3 is 19.8 Å². The van der Waals surface area contributed by atoms with Crippen molar-refractivity contribution in [3.63, 3.8) is 0 Å². The number of ether oxygens (including phenoxy) is 2. The molecule has 1 aromatic heterocycles. The highest BCUT2D eigenvalue weighted by Crippen LogP contribution is 2.41. The maximum atomic E-state index is 12.0. The first-order chi connectivity index (χ1) is 12.9. The molecule has 0 atom stereocenters. The van der Waals surface area contributed by atoms with Crippen LogP contribution < -0.4 is 15.2 Å². The second-order valence-corrected chi connectivity index (χ2v) is 4.66. The molecule has 1 aliphatic rings. The van der Waals surface area contributed by atoms with E-state index in [2.05, 4.69) is 0 Å². The maximum Gasteiger partial charge on any atom is 0.336 e. The molecule has 6 nitrogen and oxygen atoms in total. The fourth-order valence-electron chi connectivity index (χ4n) is 2.39. The van der Waals surface area contributed by atoms with E-state index in [9.17, 15) is 9.59 Å². The number of carbonyl (C=O) groups excluding carboxylic acids is 2. The van der Waals surface area contributed by atoms with Crippen LogP contribution in [0.5, 0.6) is 11.5 Å². The fraction of sp³-hybridized carbons (Fsp3) is 0.250. The minimum atomic E-state index is -2.83. The molecule has 3 rings (SSSR count). The zero-order valence-corrected chi connectivity index (χ0v) is 11.4. The van der Waals surface area contributed by atoms with Gasteiger partial charge >= 0.3 is 11.9 Å². The third-order valence-corrected chi connectivity index (χ3v) is 3.31. The third kappa shape index (κ3) is 2.17. The number of esters is 2. The summed E-state index contributed by atoms with van der Waals surface area (Å²) in [5.41, 5.74) is 5.29. The van der Waals surface area contributed by atoms with Gasteiger partial charge in [-0.15, -0.1) is 0 Å². The molecule has 0 saturated heterocycles. The number of benzene rings is 1. The molecule has 0 bridgehead atoms. The Morgan fingerprint density at radius 2 is 2.00 bits per heavy atom. The van der Waals surface area contributed by atoms with Crippen molar-refractivity contribution < 1.29 is 27.3 Å². The number of hydrogen-bond acceptors (Lipinski definition) is 5. The quantitative estimate of drug-likeness (QED) is 0.669. The summed E-state index contributed by atoms with van der Waals surface area (Å²) in [6.07, 6.45) is 1.75. The van der Waals surface area contributed by atoms with Gasteiger partial charge in [0.2, 0.25) is 0 Å². The van der Waals surface area contributed by atoms with Gasteiger partial charge in [0, 0.05) is 38.4 Å². The van der Waals surface area contributed by atoms with Gasteiger partial charge in [0.05, 0.1) is 5.52 Å². The highest BCUT2D eigenvalue weighted by molar-refractivity contribution is 6.00. The summed E-state index contributed by atoms with van der Waals surface area (Å²) in [7, 11) is 0. The molecule has 2 heterocycles. The molecule has 2 aromatic rings. The SMILES string of the molecule is [2H]C([2H])([2H])c1c(CCN)c2c3c(ccc2n1C([2H])([2H])[2H])OC(=O)/C=C/C(=O)O3. The summed E-state index contributed by atoms with van der Waals surface area (Å²) < 4.78 is 58.1. The monoisotopic (exact) mass is 306 g/mol. The first kappa shape index (κ1) is 8.75. The number of rotatable bonds is 2. The van der Waals surface area contributed by atoms with Gasteiger partial charge in [-0.05, 0) is 37.5 Å². The minimum Gasteiger partial charge on any atom is -0.419 e. The van der Waals surface area contributed by atoms with E-state index in [1.807, 2.05) is 0 Å². The second kappa shape index (κ2) is 5.31. The Kier molecular flexibility index (Phi) is 2.11. The predicted octanol–water partition coefficient (Wildman–Crippen LogP) is 1.37. The Bertz CT molecular complexity index is 1000. The van der Waals surface area contributed by atoms with Crippen molar-refractivity contribution in [2.75, 3.05) is 6.54 Å². The number of nitrogens with two attached hydrogens (primary N) is 1. The van der Waals surface area contributed by atoms with Crippen LogP contribution in [0.3, 0.4) is 0 Å². The van der Waals surface area contributed by atoms with Crippen molar-refractivity contribution in [2.24, 2.45) is 12.7 Å². The summed E-state index contributed by atoms with van der Waals surface area (Å²) in [5.74, 6) is -2.07. The van der Waals surface area contributed by atoms with Crippen molar-refractivity contribution >= 4 is 22.8 Å². The maximum absolute atomic E-state index is 12.0. The molecular weight excluding hydrogens is 284 g/mol. The van der Waals surface area contributed by atoms with E-state index >= 15 is 0 Å². The van der Waals surface area contributed by atoms with Crippen LogP contribution in [0.4, 0.5) is 0 Å². The number of carbonyl (C=O) groups is 2. The first-order valence-corrected chi connectivity index (χ1v) is 6.48. The van der Waals surface area contributed by atoms with E-state index in [1.54, 1.807) is 0 Å². The van der Waals surface area contributed by atoms with Gasteiger partial charge in [-0.3, -0.25) is 0 Å². The third-order valence-electron chi connectivity index (χ3n) is 3.31. The molecule has 0 saturated carbocycles. The molecular formula is C16H16N2O4. The molecule has 1 aromatic carbocycles. The lowest BCUT2D eigenvalue weighted by molar-refractivity contribution is -0.133. The molecule has 114 valence electrons. The molecule has 0 fully saturated rings. The van der Waals surface area contributed by atoms with Crippen LogP contribution >= 0.6 is 0 Å². The highest BCUT2D eigenvalue weighted by atomic mass is 16.6. The summed E-state index contributed by atoms with van der Waals surface area (Å²) >= 11 is 0. The Labute approximate surface area is 135 Å². The lowest BCUT2D eigenvalue weighted by Crippen LogP contribution is -2.14. The Morgan fingerprint density at radius 3 is 2.68 bits per heavy atom. The molecule has 22 heavy (non-hydrogen) atoms.